The molecule has 0 unspecified atom stereocenters. The molecule has 3 rings (SSSR count). The Hall–Kier alpha value is -1.75. The van der Waals surface area contributed by atoms with E-state index in [2.05, 4.69) is 5.32 Å². The standard InChI is InChI=1S/C15H19NO4/c17-15(13-3-1-2-8-18-13)16-7-6-11-4-5-12-14(9-11)20-10-19-12/h4-5,9,13H,1-3,6-8,10H2,(H,16,17)/t13-/m1/s1. The molecule has 2 aliphatic rings. The minimum absolute atomic E-state index is 0.00504. The summed E-state index contributed by atoms with van der Waals surface area (Å²) in [5.41, 5.74) is 1.12. The third kappa shape index (κ3) is 3.04. The second-order valence-corrected chi connectivity index (χ2v) is 5.08. The molecule has 0 saturated carbocycles. The summed E-state index contributed by atoms with van der Waals surface area (Å²) in [6, 6.07) is 5.87. The van der Waals surface area contributed by atoms with Gasteiger partial charge in [0.15, 0.2) is 11.5 Å². The summed E-state index contributed by atoms with van der Waals surface area (Å²) < 4.78 is 16.1. The molecule has 2 heterocycles. The van der Waals surface area contributed by atoms with Gasteiger partial charge in [-0.25, -0.2) is 0 Å². The Labute approximate surface area is 118 Å². The monoisotopic (exact) mass is 277 g/mol. The minimum atomic E-state index is -0.263. The van der Waals surface area contributed by atoms with Gasteiger partial charge >= 0.3 is 0 Å². The van der Waals surface area contributed by atoms with Crippen molar-refractivity contribution < 1.29 is 19.0 Å². The van der Waals surface area contributed by atoms with Crippen molar-refractivity contribution in [2.75, 3.05) is 19.9 Å². The van der Waals surface area contributed by atoms with Gasteiger partial charge < -0.3 is 19.5 Å². The highest BCUT2D eigenvalue weighted by Crippen LogP contribution is 2.32. The summed E-state index contributed by atoms with van der Waals surface area (Å²) in [5.74, 6) is 1.57. The first-order valence-corrected chi connectivity index (χ1v) is 7.11. The third-order valence-electron chi connectivity index (χ3n) is 3.62. The van der Waals surface area contributed by atoms with Crippen LogP contribution in [0.25, 0.3) is 0 Å². The number of ether oxygens (including phenoxy) is 3. The van der Waals surface area contributed by atoms with Crippen LogP contribution in [0.2, 0.25) is 0 Å². The number of amides is 1. The highest BCUT2D eigenvalue weighted by atomic mass is 16.7. The molecule has 1 N–H and O–H groups in total. The highest BCUT2D eigenvalue weighted by molar-refractivity contribution is 5.80. The normalized spacial score (nSPS) is 20.7. The van der Waals surface area contributed by atoms with Gasteiger partial charge in [-0.1, -0.05) is 6.07 Å². The summed E-state index contributed by atoms with van der Waals surface area (Å²) >= 11 is 0. The van der Waals surface area contributed by atoms with E-state index in [1.54, 1.807) is 0 Å². The molecule has 1 saturated heterocycles. The fourth-order valence-electron chi connectivity index (χ4n) is 2.49. The second-order valence-electron chi connectivity index (χ2n) is 5.08. The van der Waals surface area contributed by atoms with Crippen LogP contribution in [0.1, 0.15) is 24.8 Å². The largest absolute Gasteiger partial charge is 0.454 e. The molecule has 1 amide bonds. The third-order valence-corrected chi connectivity index (χ3v) is 3.62. The van der Waals surface area contributed by atoms with Gasteiger partial charge in [-0.15, -0.1) is 0 Å². The first kappa shape index (κ1) is 13.2. The van der Waals surface area contributed by atoms with Crippen LogP contribution in [-0.4, -0.2) is 32.0 Å². The van der Waals surface area contributed by atoms with Gasteiger partial charge in [0.25, 0.3) is 0 Å². The van der Waals surface area contributed by atoms with E-state index in [9.17, 15) is 4.79 Å². The van der Waals surface area contributed by atoms with Gasteiger partial charge in [0.05, 0.1) is 0 Å². The summed E-state index contributed by atoms with van der Waals surface area (Å²) in [5, 5.41) is 2.93. The lowest BCUT2D eigenvalue weighted by molar-refractivity contribution is -0.135. The summed E-state index contributed by atoms with van der Waals surface area (Å²) in [7, 11) is 0. The lowest BCUT2D eigenvalue weighted by Gasteiger charge is -2.21. The zero-order valence-corrected chi connectivity index (χ0v) is 11.4. The molecular weight excluding hydrogens is 258 g/mol. The number of carbonyl (C=O) groups is 1. The lowest BCUT2D eigenvalue weighted by atomic mass is 10.1. The lowest BCUT2D eigenvalue weighted by Crippen LogP contribution is -2.39. The summed E-state index contributed by atoms with van der Waals surface area (Å²) in [6.45, 7) is 1.59. The SMILES string of the molecule is O=C(NCCc1ccc2c(c1)OCO2)[C@H]1CCCCO1. The second kappa shape index (κ2) is 6.13. The quantitative estimate of drug-likeness (QED) is 0.909. The van der Waals surface area contributed by atoms with E-state index in [0.29, 0.717) is 13.2 Å². The highest BCUT2D eigenvalue weighted by Gasteiger charge is 2.21. The average molecular weight is 277 g/mol. The Morgan fingerprint density at radius 1 is 1.25 bits per heavy atom. The van der Waals surface area contributed by atoms with E-state index >= 15 is 0 Å². The molecule has 0 aromatic heterocycles. The minimum Gasteiger partial charge on any atom is -0.454 e. The van der Waals surface area contributed by atoms with Crippen molar-refractivity contribution >= 4 is 5.91 Å². The van der Waals surface area contributed by atoms with Crippen LogP contribution in [0.3, 0.4) is 0 Å². The maximum absolute atomic E-state index is 11.9. The van der Waals surface area contributed by atoms with Crippen LogP contribution in [0.4, 0.5) is 0 Å². The average Bonchev–Trinajstić information content (AvgIpc) is 2.95. The Kier molecular flexibility index (Phi) is 4.06. The zero-order valence-electron chi connectivity index (χ0n) is 11.4. The van der Waals surface area contributed by atoms with Gasteiger partial charge in [0.1, 0.15) is 6.10 Å². The van der Waals surface area contributed by atoms with Crippen molar-refractivity contribution in [1.29, 1.82) is 0 Å². The predicted molar refractivity (Wildman–Crippen MR) is 72.9 cm³/mol. The van der Waals surface area contributed by atoms with E-state index in [0.717, 1.165) is 42.7 Å². The molecule has 0 radical (unpaired) electrons. The van der Waals surface area contributed by atoms with Crippen molar-refractivity contribution in [3.05, 3.63) is 23.8 Å². The molecule has 1 fully saturated rings. The smallest absolute Gasteiger partial charge is 0.249 e. The summed E-state index contributed by atoms with van der Waals surface area (Å²) in [4.78, 5) is 11.9. The van der Waals surface area contributed by atoms with E-state index in [4.69, 9.17) is 14.2 Å². The molecule has 5 heteroatoms. The van der Waals surface area contributed by atoms with E-state index in [1.807, 2.05) is 18.2 Å². The Morgan fingerprint density at radius 2 is 2.15 bits per heavy atom. The number of fused-ring (bicyclic) bond motifs is 1. The van der Waals surface area contributed by atoms with Gasteiger partial charge in [0, 0.05) is 13.2 Å². The van der Waals surface area contributed by atoms with Crippen molar-refractivity contribution in [2.45, 2.75) is 31.8 Å². The van der Waals surface area contributed by atoms with Gasteiger partial charge in [0.2, 0.25) is 12.7 Å². The van der Waals surface area contributed by atoms with E-state index in [1.165, 1.54) is 0 Å². The first-order chi connectivity index (χ1) is 9.83. The van der Waals surface area contributed by atoms with Crippen LogP contribution in [0, 0.1) is 0 Å². The van der Waals surface area contributed by atoms with Crippen molar-refractivity contribution in [3.63, 3.8) is 0 Å². The maximum atomic E-state index is 11.9. The number of benzene rings is 1. The number of hydrogen-bond donors (Lipinski definition) is 1. The molecule has 0 aliphatic carbocycles. The number of hydrogen-bond acceptors (Lipinski definition) is 4. The molecule has 1 aromatic carbocycles. The van der Waals surface area contributed by atoms with Crippen LogP contribution in [0.5, 0.6) is 11.5 Å². The van der Waals surface area contributed by atoms with E-state index in [-0.39, 0.29) is 18.8 Å². The molecule has 0 spiro atoms. The Bertz CT molecular complexity index is 483. The van der Waals surface area contributed by atoms with Gasteiger partial charge in [-0.3, -0.25) is 4.79 Å². The van der Waals surface area contributed by atoms with Crippen LogP contribution >= 0.6 is 0 Å². The van der Waals surface area contributed by atoms with Crippen LogP contribution in [0.15, 0.2) is 18.2 Å². The fraction of sp³-hybridized carbons (Fsp3) is 0.533. The van der Waals surface area contributed by atoms with Crippen LogP contribution in [-0.2, 0) is 16.0 Å². The molecular formula is C15H19NO4. The molecule has 108 valence electrons. The molecule has 1 aromatic rings. The number of carbonyl (C=O) groups excluding carboxylic acids is 1. The summed E-state index contributed by atoms with van der Waals surface area (Å²) in [6.07, 6.45) is 3.46. The molecule has 5 nitrogen and oxygen atoms in total. The topological polar surface area (TPSA) is 56.8 Å². The number of nitrogens with one attached hydrogen (secondary N) is 1. The Balaban J connectivity index is 1.46. The molecule has 20 heavy (non-hydrogen) atoms. The maximum Gasteiger partial charge on any atom is 0.249 e. The molecule has 2 aliphatic heterocycles. The van der Waals surface area contributed by atoms with Gasteiger partial charge in [-0.05, 0) is 43.4 Å². The number of rotatable bonds is 4. The van der Waals surface area contributed by atoms with Crippen LogP contribution < -0.4 is 14.8 Å². The van der Waals surface area contributed by atoms with Gasteiger partial charge in [-0.2, -0.15) is 0 Å². The first-order valence-electron chi connectivity index (χ1n) is 7.11. The van der Waals surface area contributed by atoms with Crippen molar-refractivity contribution in [2.24, 2.45) is 0 Å². The Morgan fingerprint density at radius 3 is 3.00 bits per heavy atom. The molecule has 0 bridgehead atoms. The van der Waals surface area contributed by atoms with E-state index < -0.39 is 0 Å². The molecule has 1 atom stereocenters. The fourth-order valence-corrected chi connectivity index (χ4v) is 2.49. The zero-order chi connectivity index (χ0) is 13.8. The predicted octanol–water partition coefficient (Wildman–Crippen LogP) is 1.64. The van der Waals surface area contributed by atoms with Crippen molar-refractivity contribution in [1.82, 2.24) is 5.32 Å². The van der Waals surface area contributed by atoms with Crippen molar-refractivity contribution in [3.8, 4) is 11.5 Å².